The van der Waals surface area contributed by atoms with E-state index in [9.17, 15) is 0 Å². The van der Waals surface area contributed by atoms with Crippen LogP contribution in [-0.4, -0.2) is 49.7 Å². The van der Waals surface area contributed by atoms with Crippen molar-refractivity contribution >= 4 is 0 Å². The van der Waals surface area contributed by atoms with E-state index in [-0.39, 0.29) is 0 Å². The van der Waals surface area contributed by atoms with E-state index in [0.29, 0.717) is 12.1 Å². The van der Waals surface area contributed by atoms with Crippen LogP contribution >= 0.6 is 0 Å². The quantitative estimate of drug-likeness (QED) is 0.795. The van der Waals surface area contributed by atoms with Gasteiger partial charge in [0.25, 0.3) is 0 Å². The summed E-state index contributed by atoms with van der Waals surface area (Å²) in [6, 6.07) is 18.4. The number of hydrogen-bond acceptors (Lipinski definition) is 4. The molecule has 0 aliphatic carbocycles. The van der Waals surface area contributed by atoms with Crippen molar-refractivity contribution in [3.63, 3.8) is 0 Å². The molecular weight excluding hydrogens is 336 g/mol. The molecule has 4 rings (SSSR count). The average Bonchev–Trinajstić information content (AvgIpc) is 2.73. The van der Waals surface area contributed by atoms with Gasteiger partial charge >= 0.3 is 0 Å². The van der Waals surface area contributed by atoms with Gasteiger partial charge in [0.05, 0.1) is 14.2 Å². The summed E-state index contributed by atoms with van der Waals surface area (Å²) in [7, 11) is 3.41. The number of piperazine rings is 1. The van der Waals surface area contributed by atoms with Crippen molar-refractivity contribution in [1.82, 2.24) is 9.80 Å². The Morgan fingerprint density at radius 1 is 0.926 bits per heavy atom. The highest BCUT2D eigenvalue weighted by molar-refractivity contribution is 5.44. The van der Waals surface area contributed by atoms with E-state index in [0.717, 1.165) is 31.1 Å². The molecule has 0 aromatic heterocycles. The number of rotatable bonds is 5. The Kier molecular flexibility index (Phi) is 5.65. The van der Waals surface area contributed by atoms with E-state index in [1.54, 1.807) is 14.2 Å². The predicted octanol–water partition coefficient (Wildman–Crippen LogP) is 4.12. The molecule has 0 unspecified atom stereocenters. The number of methoxy groups -OCH3 is 2. The number of hydrogen-bond donors (Lipinski definition) is 0. The molecule has 4 heteroatoms. The minimum atomic E-state index is 0.488. The summed E-state index contributed by atoms with van der Waals surface area (Å²) in [4.78, 5) is 5.35. The molecular formula is C23H30N2O2. The fourth-order valence-electron chi connectivity index (χ4n) is 4.72. The van der Waals surface area contributed by atoms with Crippen molar-refractivity contribution in [2.75, 3.05) is 33.9 Å². The Bertz CT molecular complexity index is 749. The molecule has 2 aromatic carbocycles. The molecule has 2 heterocycles. The van der Waals surface area contributed by atoms with E-state index < -0.39 is 0 Å². The zero-order valence-electron chi connectivity index (χ0n) is 16.4. The maximum absolute atomic E-state index is 5.54. The van der Waals surface area contributed by atoms with Crippen LogP contribution in [-0.2, 0) is 6.54 Å². The normalized spacial score (nSPS) is 23.6. The number of fused-ring (bicyclic) bond motifs is 1. The van der Waals surface area contributed by atoms with Crippen LogP contribution in [0.1, 0.15) is 36.4 Å². The van der Waals surface area contributed by atoms with Gasteiger partial charge in [-0.1, -0.05) is 36.4 Å². The molecule has 0 saturated carbocycles. The number of piperidine rings is 1. The Labute approximate surface area is 162 Å². The summed E-state index contributed by atoms with van der Waals surface area (Å²) in [6.45, 7) is 4.50. The second kappa shape index (κ2) is 8.32. The summed E-state index contributed by atoms with van der Waals surface area (Å²) in [5, 5.41) is 0. The highest BCUT2D eigenvalue weighted by Crippen LogP contribution is 2.39. The van der Waals surface area contributed by atoms with Crippen LogP contribution in [0, 0.1) is 0 Å². The first-order valence-corrected chi connectivity index (χ1v) is 10.0. The van der Waals surface area contributed by atoms with Gasteiger partial charge in [-0.15, -0.1) is 0 Å². The van der Waals surface area contributed by atoms with Crippen molar-refractivity contribution < 1.29 is 9.47 Å². The Morgan fingerprint density at radius 2 is 1.74 bits per heavy atom. The molecule has 2 fully saturated rings. The number of benzene rings is 2. The van der Waals surface area contributed by atoms with Gasteiger partial charge < -0.3 is 9.47 Å². The first-order chi connectivity index (χ1) is 13.3. The summed E-state index contributed by atoms with van der Waals surface area (Å²) in [5.41, 5.74) is 2.77. The Balaban J connectivity index is 1.47. The predicted molar refractivity (Wildman–Crippen MR) is 108 cm³/mol. The second-order valence-corrected chi connectivity index (χ2v) is 7.67. The Hall–Kier alpha value is -2.04. The topological polar surface area (TPSA) is 24.9 Å². The van der Waals surface area contributed by atoms with Gasteiger partial charge in [-0.05, 0) is 42.5 Å². The standard InChI is InChI=1S/C23H30N2O2/c1-26-22-12-11-19(15-23(22)27-2)21-10-6-9-20-17-24(13-14-25(20)21)16-18-7-4-3-5-8-18/h3-5,7-8,11-12,15,20-21H,6,9-10,13-14,16-17H2,1-2H3/t20-,21-/m0/s1. The minimum Gasteiger partial charge on any atom is -0.493 e. The van der Waals surface area contributed by atoms with E-state index >= 15 is 0 Å². The molecule has 144 valence electrons. The van der Waals surface area contributed by atoms with Crippen LogP contribution in [0.3, 0.4) is 0 Å². The average molecular weight is 367 g/mol. The van der Waals surface area contributed by atoms with Gasteiger partial charge in [-0.2, -0.15) is 0 Å². The van der Waals surface area contributed by atoms with Crippen molar-refractivity contribution in [1.29, 1.82) is 0 Å². The number of ether oxygens (including phenoxy) is 2. The van der Waals surface area contributed by atoms with Gasteiger partial charge in [0, 0.05) is 38.3 Å². The highest BCUT2D eigenvalue weighted by atomic mass is 16.5. The molecule has 27 heavy (non-hydrogen) atoms. The van der Waals surface area contributed by atoms with E-state index in [2.05, 4.69) is 52.3 Å². The number of nitrogens with zero attached hydrogens (tertiary/aromatic N) is 2. The van der Waals surface area contributed by atoms with Crippen LogP contribution in [0.2, 0.25) is 0 Å². The van der Waals surface area contributed by atoms with Crippen molar-refractivity contribution in [2.45, 2.75) is 37.9 Å². The maximum Gasteiger partial charge on any atom is 0.161 e. The first kappa shape index (κ1) is 18.3. The lowest BCUT2D eigenvalue weighted by Crippen LogP contribution is -2.55. The van der Waals surface area contributed by atoms with Crippen LogP contribution in [0.4, 0.5) is 0 Å². The molecule has 2 aliphatic rings. The van der Waals surface area contributed by atoms with E-state index in [1.807, 2.05) is 6.07 Å². The second-order valence-electron chi connectivity index (χ2n) is 7.67. The smallest absolute Gasteiger partial charge is 0.161 e. The fraction of sp³-hybridized carbons (Fsp3) is 0.478. The molecule has 0 N–H and O–H groups in total. The monoisotopic (exact) mass is 366 g/mol. The third-order valence-corrected chi connectivity index (χ3v) is 6.07. The third-order valence-electron chi connectivity index (χ3n) is 6.07. The molecule has 0 spiro atoms. The van der Waals surface area contributed by atoms with Crippen LogP contribution in [0.5, 0.6) is 11.5 Å². The van der Waals surface area contributed by atoms with Gasteiger partial charge in [-0.3, -0.25) is 9.80 Å². The minimum absolute atomic E-state index is 0.488. The molecule has 2 atom stereocenters. The third kappa shape index (κ3) is 3.97. The largest absolute Gasteiger partial charge is 0.493 e. The lowest BCUT2D eigenvalue weighted by molar-refractivity contribution is 0.00633. The summed E-state index contributed by atoms with van der Waals surface area (Å²) in [5.74, 6) is 1.64. The SMILES string of the molecule is COc1ccc([C@@H]2CCC[C@H]3CN(Cc4ccccc4)CCN32)cc1OC. The molecule has 0 radical (unpaired) electrons. The van der Waals surface area contributed by atoms with E-state index in [1.165, 1.54) is 36.9 Å². The summed E-state index contributed by atoms with van der Waals surface area (Å²) >= 11 is 0. The molecule has 4 nitrogen and oxygen atoms in total. The summed E-state index contributed by atoms with van der Waals surface area (Å²) in [6.07, 6.45) is 3.82. The van der Waals surface area contributed by atoms with Crippen LogP contribution in [0.15, 0.2) is 48.5 Å². The van der Waals surface area contributed by atoms with Gasteiger partial charge in [0.15, 0.2) is 11.5 Å². The van der Waals surface area contributed by atoms with E-state index in [4.69, 9.17) is 9.47 Å². The van der Waals surface area contributed by atoms with Crippen molar-refractivity contribution in [2.24, 2.45) is 0 Å². The Morgan fingerprint density at radius 3 is 2.52 bits per heavy atom. The zero-order chi connectivity index (χ0) is 18.6. The van der Waals surface area contributed by atoms with Gasteiger partial charge in [-0.25, -0.2) is 0 Å². The van der Waals surface area contributed by atoms with Crippen molar-refractivity contribution in [3.8, 4) is 11.5 Å². The first-order valence-electron chi connectivity index (χ1n) is 10.0. The molecule has 0 bridgehead atoms. The van der Waals surface area contributed by atoms with Crippen LogP contribution < -0.4 is 9.47 Å². The lowest BCUT2D eigenvalue weighted by Gasteiger charge is -2.48. The van der Waals surface area contributed by atoms with Crippen molar-refractivity contribution in [3.05, 3.63) is 59.7 Å². The van der Waals surface area contributed by atoms with Crippen LogP contribution in [0.25, 0.3) is 0 Å². The highest BCUT2D eigenvalue weighted by Gasteiger charge is 2.35. The molecule has 0 amide bonds. The lowest BCUT2D eigenvalue weighted by atomic mass is 9.89. The molecule has 2 aromatic rings. The zero-order valence-corrected chi connectivity index (χ0v) is 16.4. The maximum atomic E-state index is 5.54. The van der Waals surface area contributed by atoms with Gasteiger partial charge in [0.2, 0.25) is 0 Å². The molecule has 2 aliphatic heterocycles. The summed E-state index contributed by atoms with van der Waals surface area (Å²) < 4.78 is 10.9. The van der Waals surface area contributed by atoms with Gasteiger partial charge in [0.1, 0.15) is 0 Å². The molecule has 2 saturated heterocycles. The fourth-order valence-corrected chi connectivity index (χ4v) is 4.72.